The summed E-state index contributed by atoms with van der Waals surface area (Å²) in [5, 5.41) is 3.21. The molecule has 0 radical (unpaired) electrons. The minimum atomic E-state index is -0.169. The van der Waals surface area contributed by atoms with E-state index in [0.29, 0.717) is 17.4 Å². The molecule has 1 spiro atoms. The summed E-state index contributed by atoms with van der Waals surface area (Å²) in [5.41, 5.74) is 1.66. The second kappa shape index (κ2) is 6.37. The molecule has 0 bridgehead atoms. The predicted octanol–water partition coefficient (Wildman–Crippen LogP) is 4.10. The Morgan fingerprint density at radius 2 is 1.62 bits per heavy atom. The van der Waals surface area contributed by atoms with Gasteiger partial charge in [0.15, 0.2) is 0 Å². The fourth-order valence-electron chi connectivity index (χ4n) is 6.54. The van der Waals surface area contributed by atoms with Crippen molar-refractivity contribution in [2.75, 3.05) is 19.6 Å². The molecule has 26 heavy (non-hydrogen) atoms. The first kappa shape index (κ1) is 16.8. The molecule has 2 saturated carbocycles. The largest absolute Gasteiger partial charge is 0.355 e. The van der Waals surface area contributed by atoms with E-state index in [0.717, 1.165) is 38.4 Å². The van der Waals surface area contributed by atoms with Crippen LogP contribution in [0.4, 0.5) is 0 Å². The molecular formula is C23H32N2O. The summed E-state index contributed by atoms with van der Waals surface area (Å²) in [6.45, 7) is 3.05. The molecule has 2 aliphatic carbocycles. The van der Waals surface area contributed by atoms with Crippen molar-refractivity contribution in [3.8, 4) is 0 Å². The van der Waals surface area contributed by atoms with Gasteiger partial charge in [0.25, 0.3) is 0 Å². The van der Waals surface area contributed by atoms with Crippen LogP contribution < -0.4 is 5.32 Å². The number of piperidine rings is 1. The van der Waals surface area contributed by atoms with Crippen LogP contribution in [0.5, 0.6) is 0 Å². The van der Waals surface area contributed by atoms with Gasteiger partial charge in [-0.1, -0.05) is 49.6 Å². The van der Waals surface area contributed by atoms with Gasteiger partial charge in [0.2, 0.25) is 5.91 Å². The summed E-state index contributed by atoms with van der Waals surface area (Å²) in [6, 6.07) is 10.7. The van der Waals surface area contributed by atoms with Gasteiger partial charge in [0, 0.05) is 18.0 Å². The number of rotatable bonds is 3. The number of hydrogen-bond acceptors (Lipinski definition) is 2. The summed E-state index contributed by atoms with van der Waals surface area (Å²) >= 11 is 0. The van der Waals surface area contributed by atoms with E-state index in [1.54, 1.807) is 0 Å². The highest BCUT2D eigenvalue weighted by atomic mass is 16.2. The third-order valence-electron chi connectivity index (χ3n) is 8.13. The molecule has 1 aromatic carbocycles. The van der Waals surface area contributed by atoms with Gasteiger partial charge in [-0.3, -0.25) is 9.69 Å². The van der Waals surface area contributed by atoms with Gasteiger partial charge >= 0.3 is 0 Å². The minimum absolute atomic E-state index is 0.169. The molecule has 1 aromatic rings. The highest BCUT2D eigenvalue weighted by molar-refractivity contribution is 5.86. The molecule has 2 saturated heterocycles. The van der Waals surface area contributed by atoms with Crippen LogP contribution in [0.15, 0.2) is 30.3 Å². The monoisotopic (exact) mass is 352 g/mol. The zero-order valence-electron chi connectivity index (χ0n) is 15.9. The number of hydrogen-bond donors (Lipinski definition) is 1. The summed E-state index contributed by atoms with van der Waals surface area (Å²) in [7, 11) is 0. The van der Waals surface area contributed by atoms with E-state index >= 15 is 0 Å². The van der Waals surface area contributed by atoms with Gasteiger partial charge in [-0.25, -0.2) is 0 Å². The van der Waals surface area contributed by atoms with Crippen molar-refractivity contribution in [3.63, 3.8) is 0 Å². The van der Waals surface area contributed by atoms with Gasteiger partial charge < -0.3 is 5.32 Å². The third kappa shape index (κ3) is 2.54. The van der Waals surface area contributed by atoms with E-state index in [1.165, 1.54) is 50.5 Å². The van der Waals surface area contributed by atoms with Crippen LogP contribution >= 0.6 is 0 Å². The first-order chi connectivity index (χ1) is 12.7. The molecule has 4 aliphatic rings. The van der Waals surface area contributed by atoms with E-state index in [4.69, 9.17) is 0 Å². The smallest absolute Gasteiger partial charge is 0.227 e. The Morgan fingerprint density at radius 3 is 2.27 bits per heavy atom. The molecule has 4 fully saturated rings. The van der Waals surface area contributed by atoms with Gasteiger partial charge in [-0.05, 0) is 63.1 Å². The average molecular weight is 353 g/mol. The van der Waals surface area contributed by atoms with E-state index in [1.807, 2.05) is 0 Å². The summed E-state index contributed by atoms with van der Waals surface area (Å²) < 4.78 is 0. The Bertz CT molecular complexity index is 652. The Balaban J connectivity index is 1.37. The fourth-order valence-corrected chi connectivity index (χ4v) is 6.54. The lowest BCUT2D eigenvalue weighted by atomic mass is 9.66. The lowest BCUT2D eigenvalue weighted by Gasteiger charge is -2.52. The van der Waals surface area contributed by atoms with Gasteiger partial charge in [-0.15, -0.1) is 0 Å². The van der Waals surface area contributed by atoms with E-state index < -0.39 is 0 Å². The number of likely N-dealkylation sites (tertiary alicyclic amines) is 1. The maximum Gasteiger partial charge on any atom is 0.227 e. The van der Waals surface area contributed by atoms with Crippen LogP contribution in [0.2, 0.25) is 0 Å². The quantitative estimate of drug-likeness (QED) is 0.888. The zero-order chi connectivity index (χ0) is 17.6. The second-order valence-corrected chi connectivity index (χ2v) is 9.25. The van der Waals surface area contributed by atoms with Gasteiger partial charge in [-0.2, -0.15) is 0 Å². The van der Waals surface area contributed by atoms with Crippen molar-refractivity contribution >= 4 is 5.91 Å². The highest BCUT2D eigenvalue weighted by Gasteiger charge is 2.56. The molecule has 3 nitrogen and oxygen atoms in total. The lowest BCUT2D eigenvalue weighted by molar-refractivity contribution is -0.132. The predicted molar refractivity (Wildman–Crippen MR) is 104 cm³/mol. The molecule has 140 valence electrons. The summed E-state index contributed by atoms with van der Waals surface area (Å²) in [6.07, 6.45) is 12.0. The van der Waals surface area contributed by atoms with Crippen LogP contribution in [0.25, 0.3) is 0 Å². The van der Waals surface area contributed by atoms with E-state index in [2.05, 4.69) is 40.5 Å². The first-order valence-corrected chi connectivity index (χ1v) is 10.8. The maximum absolute atomic E-state index is 12.9. The molecule has 0 aromatic heterocycles. The summed E-state index contributed by atoms with van der Waals surface area (Å²) in [4.78, 5) is 15.8. The molecule has 1 unspecified atom stereocenters. The standard InChI is InChI=1S/C23H32N2O/c26-21-22(20(17-24-21)18-7-3-1-4-8-18)13-15-25(16-14-22)23(19-9-10-19)11-5-2-6-12-23/h1,3-4,7-8,19-20H,2,5-6,9-17H2,(H,24,26). The number of nitrogens with one attached hydrogen (secondary N) is 1. The molecule has 1 amide bonds. The SMILES string of the molecule is O=C1NCC(c2ccccc2)C12CCN(C1(C3CC3)CCCCC1)CC2. The first-order valence-electron chi connectivity index (χ1n) is 10.8. The summed E-state index contributed by atoms with van der Waals surface area (Å²) in [5.74, 6) is 1.61. The van der Waals surface area contributed by atoms with Crippen LogP contribution in [0.3, 0.4) is 0 Å². The third-order valence-corrected chi connectivity index (χ3v) is 8.13. The minimum Gasteiger partial charge on any atom is -0.355 e. The molecular weight excluding hydrogens is 320 g/mol. The average Bonchev–Trinajstić information content (AvgIpc) is 3.51. The topological polar surface area (TPSA) is 32.3 Å². The molecule has 2 heterocycles. The van der Waals surface area contributed by atoms with Crippen molar-refractivity contribution < 1.29 is 4.79 Å². The van der Waals surface area contributed by atoms with Gasteiger partial charge in [0.1, 0.15) is 0 Å². The van der Waals surface area contributed by atoms with Crippen LogP contribution in [-0.2, 0) is 4.79 Å². The number of amides is 1. The Morgan fingerprint density at radius 1 is 0.923 bits per heavy atom. The van der Waals surface area contributed by atoms with Crippen molar-refractivity contribution in [1.29, 1.82) is 0 Å². The zero-order valence-corrected chi connectivity index (χ0v) is 15.9. The number of carbonyl (C=O) groups excluding carboxylic acids is 1. The molecule has 2 aliphatic heterocycles. The van der Waals surface area contributed by atoms with Crippen molar-refractivity contribution in [2.45, 2.75) is 69.2 Å². The highest BCUT2D eigenvalue weighted by Crippen LogP contribution is 2.54. The van der Waals surface area contributed by atoms with Crippen molar-refractivity contribution in [2.24, 2.45) is 11.3 Å². The normalized spacial score (nSPS) is 31.1. The van der Waals surface area contributed by atoms with Crippen LogP contribution in [0, 0.1) is 11.3 Å². The number of carbonyl (C=O) groups is 1. The lowest BCUT2D eigenvalue weighted by Crippen LogP contribution is -2.57. The Kier molecular flexibility index (Phi) is 4.11. The van der Waals surface area contributed by atoms with E-state index in [9.17, 15) is 4.79 Å². The van der Waals surface area contributed by atoms with Crippen molar-refractivity contribution in [3.05, 3.63) is 35.9 Å². The van der Waals surface area contributed by atoms with Gasteiger partial charge in [0.05, 0.1) is 5.41 Å². The van der Waals surface area contributed by atoms with Crippen LogP contribution in [-0.4, -0.2) is 36.0 Å². The Labute approximate surface area is 157 Å². The Hall–Kier alpha value is -1.35. The fraction of sp³-hybridized carbons (Fsp3) is 0.696. The molecule has 1 atom stereocenters. The van der Waals surface area contributed by atoms with Crippen molar-refractivity contribution in [1.82, 2.24) is 10.2 Å². The maximum atomic E-state index is 12.9. The number of nitrogens with zero attached hydrogens (tertiary/aromatic N) is 1. The van der Waals surface area contributed by atoms with Crippen LogP contribution in [0.1, 0.15) is 69.3 Å². The molecule has 1 N–H and O–H groups in total. The molecule has 3 heteroatoms. The van der Waals surface area contributed by atoms with E-state index in [-0.39, 0.29) is 5.41 Å². The number of benzene rings is 1. The second-order valence-electron chi connectivity index (χ2n) is 9.25. The molecule has 5 rings (SSSR count).